The third-order valence-corrected chi connectivity index (χ3v) is 6.08. The molecule has 136 valence electrons. The van der Waals surface area contributed by atoms with Gasteiger partial charge in [-0.3, -0.25) is 4.79 Å². The Hall–Kier alpha value is -1.17. The summed E-state index contributed by atoms with van der Waals surface area (Å²) in [7, 11) is 0. The summed E-state index contributed by atoms with van der Waals surface area (Å²) in [5.74, 6) is -0.0343. The maximum Gasteiger partial charge on any atom is 0.173 e. The second-order valence-corrected chi connectivity index (χ2v) is 7.82. The molecule has 0 bridgehead atoms. The lowest BCUT2D eigenvalue weighted by Crippen LogP contribution is -2.51. The molecule has 1 aromatic carbocycles. The van der Waals surface area contributed by atoms with Crippen molar-refractivity contribution >= 4 is 27.3 Å². The van der Waals surface area contributed by atoms with Gasteiger partial charge in [-0.2, -0.15) is 0 Å². The molecule has 1 heterocycles. The summed E-state index contributed by atoms with van der Waals surface area (Å²) in [4.78, 5) is 15.4. The molecule has 2 aliphatic rings. The van der Waals surface area contributed by atoms with Gasteiger partial charge in [0.2, 0.25) is 0 Å². The SMILES string of the molecule is CCN(CC)CC1C(O)CCC2C(=O)C(c3ccc(Br)cc3)=COC21. The third kappa shape index (κ3) is 3.83. The van der Waals surface area contributed by atoms with E-state index in [0.29, 0.717) is 18.4 Å². The minimum absolute atomic E-state index is 0.0229. The number of carbonyl (C=O) groups is 1. The van der Waals surface area contributed by atoms with Crippen LogP contribution in [0.15, 0.2) is 35.0 Å². The molecule has 0 aromatic heterocycles. The first-order valence-corrected chi connectivity index (χ1v) is 9.90. The standard InChI is InChI=1S/C20H26BrNO3/c1-3-22(4-2)11-16-18(23)10-9-15-19(24)17(12-25-20(15)16)13-5-7-14(21)8-6-13/h5-8,12,15-16,18,20,23H,3-4,9-11H2,1-2H3. The third-order valence-electron chi connectivity index (χ3n) is 5.55. The summed E-state index contributed by atoms with van der Waals surface area (Å²) in [5, 5.41) is 10.5. The van der Waals surface area contributed by atoms with E-state index in [1.54, 1.807) is 6.26 Å². The number of ketones is 1. The number of hydrogen-bond donors (Lipinski definition) is 1. The van der Waals surface area contributed by atoms with Crippen molar-refractivity contribution in [3.63, 3.8) is 0 Å². The number of aliphatic hydroxyl groups is 1. The lowest BCUT2D eigenvalue weighted by Gasteiger charge is -2.43. The largest absolute Gasteiger partial charge is 0.496 e. The zero-order valence-corrected chi connectivity index (χ0v) is 16.4. The summed E-state index contributed by atoms with van der Waals surface area (Å²) in [5.41, 5.74) is 1.53. The van der Waals surface area contributed by atoms with E-state index in [4.69, 9.17) is 4.74 Å². The van der Waals surface area contributed by atoms with Crippen LogP contribution in [-0.2, 0) is 9.53 Å². The Labute approximate surface area is 158 Å². The van der Waals surface area contributed by atoms with E-state index in [1.165, 1.54) is 0 Å². The molecule has 4 unspecified atom stereocenters. The van der Waals surface area contributed by atoms with Crippen molar-refractivity contribution in [1.82, 2.24) is 4.90 Å². The van der Waals surface area contributed by atoms with E-state index in [1.807, 2.05) is 24.3 Å². The summed E-state index contributed by atoms with van der Waals surface area (Å²) in [6.07, 6.45) is 2.33. The molecule has 0 amide bonds. The van der Waals surface area contributed by atoms with Crippen molar-refractivity contribution in [2.24, 2.45) is 11.8 Å². The van der Waals surface area contributed by atoms with Gasteiger partial charge in [0, 0.05) is 16.9 Å². The average molecular weight is 408 g/mol. The van der Waals surface area contributed by atoms with Gasteiger partial charge in [0.1, 0.15) is 6.10 Å². The highest BCUT2D eigenvalue weighted by Gasteiger charge is 2.46. The summed E-state index contributed by atoms with van der Waals surface area (Å²) >= 11 is 3.42. The highest BCUT2D eigenvalue weighted by atomic mass is 79.9. The first kappa shape index (κ1) is 18.6. The van der Waals surface area contributed by atoms with Gasteiger partial charge >= 0.3 is 0 Å². The molecule has 1 saturated carbocycles. The maximum absolute atomic E-state index is 13.1. The molecule has 3 rings (SSSR count). The fourth-order valence-corrected chi connectivity index (χ4v) is 4.24. The molecule has 1 N–H and O–H groups in total. The molecular weight excluding hydrogens is 382 g/mol. The van der Waals surface area contributed by atoms with Crippen LogP contribution in [-0.4, -0.2) is 47.6 Å². The monoisotopic (exact) mass is 407 g/mol. The minimum atomic E-state index is -0.405. The van der Waals surface area contributed by atoms with Crippen molar-refractivity contribution in [3.8, 4) is 0 Å². The average Bonchev–Trinajstić information content (AvgIpc) is 2.62. The van der Waals surface area contributed by atoms with Gasteiger partial charge in [0.25, 0.3) is 0 Å². The van der Waals surface area contributed by atoms with Crippen LogP contribution in [0.25, 0.3) is 5.57 Å². The van der Waals surface area contributed by atoms with Crippen LogP contribution in [0, 0.1) is 11.8 Å². The normalized spacial score (nSPS) is 29.2. The number of hydrogen-bond acceptors (Lipinski definition) is 4. The number of carbonyl (C=O) groups excluding carboxylic acids is 1. The van der Waals surface area contributed by atoms with Crippen LogP contribution in [0.5, 0.6) is 0 Å². The highest BCUT2D eigenvalue weighted by molar-refractivity contribution is 9.10. The molecule has 0 radical (unpaired) electrons. The number of ether oxygens (including phenoxy) is 1. The number of allylic oxidation sites excluding steroid dienone is 1. The molecule has 4 atom stereocenters. The predicted molar refractivity (Wildman–Crippen MR) is 102 cm³/mol. The fraction of sp³-hybridized carbons (Fsp3) is 0.550. The molecule has 0 saturated heterocycles. The second kappa shape index (κ2) is 8.02. The van der Waals surface area contributed by atoms with Crippen LogP contribution < -0.4 is 0 Å². The Morgan fingerprint density at radius 3 is 2.52 bits per heavy atom. The van der Waals surface area contributed by atoms with Gasteiger partial charge in [-0.1, -0.05) is 41.9 Å². The zero-order chi connectivity index (χ0) is 18.0. The Bertz CT molecular complexity index is 639. The van der Waals surface area contributed by atoms with Crippen molar-refractivity contribution in [2.45, 2.75) is 38.9 Å². The lowest BCUT2D eigenvalue weighted by atomic mass is 9.72. The highest BCUT2D eigenvalue weighted by Crippen LogP contribution is 2.39. The van der Waals surface area contributed by atoms with Crippen LogP contribution in [0.1, 0.15) is 32.3 Å². The van der Waals surface area contributed by atoms with Crippen molar-refractivity contribution in [1.29, 1.82) is 0 Å². The zero-order valence-electron chi connectivity index (χ0n) is 14.8. The van der Waals surface area contributed by atoms with Crippen LogP contribution in [0.3, 0.4) is 0 Å². The van der Waals surface area contributed by atoms with E-state index in [9.17, 15) is 9.90 Å². The quantitative estimate of drug-likeness (QED) is 0.811. The van der Waals surface area contributed by atoms with E-state index in [0.717, 1.165) is 29.7 Å². The predicted octanol–water partition coefficient (Wildman–Crippen LogP) is 3.49. The number of fused-ring (bicyclic) bond motifs is 1. The fourth-order valence-electron chi connectivity index (χ4n) is 3.97. The van der Waals surface area contributed by atoms with E-state index in [2.05, 4.69) is 34.7 Å². The lowest BCUT2D eigenvalue weighted by molar-refractivity contribution is -0.133. The van der Waals surface area contributed by atoms with Gasteiger partial charge in [-0.25, -0.2) is 0 Å². The number of rotatable bonds is 5. The van der Waals surface area contributed by atoms with E-state index < -0.39 is 6.10 Å². The molecule has 1 aliphatic carbocycles. The molecule has 1 fully saturated rings. The van der Waals surface area contributed by atoms with E-state index >= 15 is 0 Å². The number of aliphatic hydroxyl groups excluding tert-OH is 1. The Morgan fingerprint density at radius 1 is 1.20 bits per heavy atom. The van der Waals surface area contributed by atoms with Gasteiger partial charge in [-0.15, -0.1) is 0 Å². The second-order valence-electron chi connectivity index (χ2n) is 6.90. The number of nitrogens with zero attached hydrogens (tertiary/aromatic N) is 1. The summed E-state index contributed by atoms with van der Waals surface area (Å²) in [6.45, 7) is 6.88. The smallest absolute Gasteiger partial charge is 0.173 e. The van der Waals surface area contributed by atoms with Gasteiger partial charge in [0.15, 0.2) is 5.78 Å². The molecule has 1 aromatic rings. The number of benzene rings is 1. The summed E-state index contributed by atoms with van der Waals surface area (Å²) < 4.78 is 7.03. The molecular formula is C20H26BrNO3. The molecule has 0 spiro atoms. The summed E-state index contributed by atoms with van der Waals surface area (Å²) in [6, 6.07) is 7.73. The van der Waals surface area contributed by atoms with Crippen molar-refractivity contribution in [2.75, 3.05) is 19.6 Å². The maximum atomic E-state index is 13.1. The first-order valence-electron chi connectivity index (χ1n) is 9.11. The van der Waals surface area contributed by atoms with Crippen molar-refractivity contribution in [3.05, 3.63) is 40.6 Å². The van der Waals surface area contributed by atoms with Gasteiger partial charge in [-0.05, 0) is 43.6 Å². The molecule has 25 heavy (non-hydrogen) atoms. The van der Waals surface area contributed by atoms with Crippen LogP contribution in [0.4, 0.5) is 0 Å². The number of Topliss-reactive ketones (excluding diaryl/α,β-unsaturated/α-hetero) is 1. The Balaban J connectivity index is 1.83. The molecule has 5 heteroatoms. The molecule has 1 aliphatic heterocycles. The topological polar surface area (TPSA) is 49.8 Å². The van der Waals surface area contributed by atoms with Crippen molar-refractivity contribution < 1.29 is 14.6 Å². The van der Waals surface area contributed by atoms with Crippen LogP contribution >= 0.6 is 15.9 Å². The van der Waals surface area contributed by atoms with Crippen LogP contribution in [0.2, 0.25) is 0 Å². The Morgan fingerprint density at radius 2 is 1.88 bits per heavy atom. The minimum Gasteiger partial charge on any atom is -0.496 e. The molecule has 4 nitrogen and oxygen atoms in total. The van der Waals surface area contributed by atoms with E-state index in [-0.39, 0.29) is 23.7 Å². The first-order chi connectivity index (χ1) is 12.0. The van der Waals surface area contributed by atoms with Gasteiger partial charge in [0.05, 0.1) is 23.9 Å². The number of halogens is 1. The van der Waals surface area contributed by atoms with Gasteiger partial charge < -0.3 is 14.7 Å². The Kier molecular flexibility index (Phi) is 5.97.